The fraction of sp³-hybridized carbons (Fsp3) is 0. The second-order valence-corrected chi connectivity index (χ2v) is 11.9. The van der Waals surface area contributed by atoms with Gasteiger partial charge in [-0.2, -0.15) is 0 Å². The summed E-state index contributed by atoms with van der Waals surface area (Å²) in [5, 5.41) is 4.55. The van der Waals surface area contributed by atoms with Gasteiger partial charge in [-0.3, -0.25) is 0 Å². The van der Waals surface area contributed by atoms with Gasteiger partial charge in [-0.05, 0) is 41.5 Å². The van der Waals surface area contributed by atoms with E-state index in [2.05, 4.69) is 84.9 Å². The average Bonchev–Trinajstić information content (AvgIpc) is 3.66. The molecule has 4 nitrogen and oxygen atoms in total. The van der Waals surface area contributed by atoms with Crippen LogP contribution in [0, 0.1) is 0 Å². The van der Waals surface area contributed by atoms with Crippen LogP contribution >= 0.6 is 11.3 Å². The van der Waals surface area contributed by atoms with Crippen LogP contribution in [0.25, 0.3) is 87.4 Å². The van der Waals surface area contributed by atoms with E-state index in [4.69, 9.17) is 19.4 Å². The first-order chi connectivity index (χ1) is 21.8. The van der Waals surface area contributed by atoms with Crippen molar-refractivity contribution in [2.75, 3.05) is 0 Å². The Bertz CT molecular complexity index is 2500. The largest absolute Gasteiger partial charge is 0.456 e. The smallest absolute Gasteiger partial charge is 0.164 e. The van der Waals surface area contributed by atoms with E-state index in [0.717, 1.165) is 49.8 Å². The number of thiophene rings is 1. The molecule has 206 valence electrons. The number of fused-ring (bicyclic) bond motifs is 6. The van der Waals surface area contributed by atoms with E-state index in [1.807, 2.05) is 54.6 Å². The second kappa shape index (κ2) is 9.97. The lowest BCUT2D eigenvalue weighted by Crippen LogP contribution is -2.00. The standard InChI is InChI=1S/C39H23N3OS/c1-3-11-24(12-4-1)27-21-31(36-30-16-7-9-17-32(30)43-33(36)22-27)39-41-37(25-13-5-2-6-14-25)40-38(42-39)26-19-20-29-28-15-8-10-18-34(28)44-35(29)23-26/h1-23H. The Morgan fingerprint density at radius 2 is 1.05 bits per heavy atom. The highest BCUT2D eigenvalue weighted by Crippen LogP contribution is 2.40. The van der Waals surface area contributed by atoms with E-state index in [9.17, 15) is 0 Å². The predicted octanol–water partition coefficient (Wildman–Crippen LogP) is 10.8. The molecule has 0 atom stereocenters. The van der Waals surface area contributed by atoms with Gasteiger partial charge in [0.2, 0.25) is 0 Å². The van der Waals surface area contributed by atoms with Gasteiger partial charge in [-0.15, -0.1) is 11.3 Å². The third kappa shape index (κ3) is 4.09. The van der Waals surface area contributed by atoms with Gasteiger partial charge >= 0.3 is 0 Å². The molecule has 0 fully saturated rings. The zero-order valence-corrected chi connectivity index (χ0v) is 24.3. The molecule has 9 rings (SSSR count). The average molecular weight is 582 g/mol. The Morgan fingerprint density at radius 3 is 1.86 bits per heavy atom. The molecule has 0 bridgehead atoms. The third-order valence-corrected chi connectivity index (χ3v) is 9.26. The van der Waals surface area contributed by atoms with Gasteiger partial charge in [0.05, 0.1) is 0 Å². The summed E-state index contributed by atoms with van der Waals surface area (Å²) in [6.45, 7) is 0. The molecule has 0 aliphatic rings. The Morgan fingerprint density at radius 1 is 0.409 bits per heavy atom. The second-order valence-electron chi connectivity index (χ2n) is 10.8. The number of para-hydroxylation sites is 1. The van der Waals surface area contributed by atoms with Gasteiger partial charge in [0, 0.05) is 47.6 Å². The van der Waals surface area contributed by atoms with Gasteiger partial charge in [-0.25, -0.2) is 15.0 Å². The molecule has 0 N–H and O–H groups in total. The minimum Gasteiger partial charge on any atom is -0.456 e. The maximum absolute atomic E-state index is 6.41. The van der Waals surface area contributed by atoms with Crippen molar-refractivity contribution in [1.29, 1.82) is 0 Å². The van der Waals surface area contributed by atoms with Crippen LogP contribution in [0.15, 0.2) is 144 Å². The summed E-state index contributed by atoms with van der Waals surface area (Å²) in [6, 6.07) is 48.0. The molecule has 3 heterocycles. The SMILES string of the molecule is c1ccc(-c2cc(-c3nc(-c4ccccc4)nc(-c4ccc5c(c4)sc4ccccc45)n3)c3c(c2)oc2ccccc23)cc1. The number of rotatable bonds is 4. The summed E-state index contributed by atoms with van der Waals surface area (Å²) in [5.41, 5.74) is 6.59. The molecule has 0 saturated heterocycles. The molecule has 0 saturated carbocycles. The molecule has 0 aliphatic heterocycles. The predicted molar refractivity (Wildman–Crippen MR) is 182 cm³/mol. The fourth-order valence-electron chi connectivity index (χ4n) is 6.03. The van der Waals surface area contributed by atoms with E-state index >= 15 is 0 Å². The number of benzene rings is 6. The molecule has 0 aliphatic carbocycles. The third-order valence-electron chi connectivity index (χ3n) is 8.13. The normalized spacial score (nSPS) is 11.6. The molecule has 3 aromatic heterocycles. The van der Waals surface area contributed by atoms with Crippen molar-refractivity contribution in [3.8, 4) is 45.3 Å². The number of aromatic nitrogens is 3. The van der Waals surface area contributed by atoms with Crippen molar-refractivity contribution >= 4 is 53.4 Å². The fourth-order valence-corrected chi connectivity index (χ4v) is 7.18. The Balaban J connectivity index is 1.33. The highest BCUT2D eigenvalue weighted by Gasteiger charge is 2.20. The molecule has 9 aromatic rings. The molecule has 0 unspecified atom stereocenters. The highest BCUT2D eigenvalue weighted by molar-refractivity contribution is 7.25. The van der Waals surface area contributed by atoms with Crippen LogP contribution in [0.5, 0.6) is 0 Å². The van der Waals surface area contributed by atoms with Crippen molar-refractivity contribution in [2.24, 2.45) is 0 Å². The first kappa shape index (κ1) is 24.9. The van der Waals surface area contributed by atoms with E-state index in [0.29, 0.717) is 17.5 Å². The summed E-state index contributed by atoms with van der Waals surface area (Å²) < 4.78 is 8.89. The van der Waals surface area contributed by atoms with Crippen molar-refractivity contribution in [3.05, 3.63) is 140 Å². The lowest BCUT2D eigenvalue weighted by atomic mass is 9.98. The number of nitrogens with zero attached hydrogens (tertiary/aromatic N) is 3. The van der Waals surface area contributed by atoms with Crippen LogP contribution in [0.1, 0.15) is 0 Å². The van der Waals surface area contributed by atoms with Crippen LogP contribution < -0.4 is 0 Å². The van der Waals surface area contributed by atoms with Gasteiger partial charge in [-0.1, -0.05) is 109 Å². The molecule has 0 spiro atoms. The van der Waals surface area contributed by atoms with Crippen LogP contribution in [0.4, 0.5) is 0 Å². The summed E-state index contributed by atoms with van der Waals surface area (Å²) in [5.74, 6) is 1.88. The van der Waals surface area contributed by atoms with Crippen LogP contribution in [0.3, 0.4) is 0 Å². The summed E-state index contributed by atoms with van der Waals surface area (Å²) in [7, 11) is 0. The zero-order chi connectivity index (χ0) is 29.0. The Hall–Kier alpha value is -5.65. The van der Waals surface area contributed by atoms with Crippen molar-refractivity contribution in [3.63, 3.8) is 0 Å². The Kier molecular flexibility index (Phi) is 5.64. The van der Waals surface area contributed by atoms with Crippen LogP contribution in [0.2, 0.25) is 0 Å². The molecule has 5 heteroatoms. The Labute approximate surface area is 256 Å². The van der Waals surface area contributed by atoms with Crippen LogP contribution in [-0.4, -0.2) is 15.0 Å². The minimum atomic E-state index is 0.611. The van der Waals surface area contributed by atoms with E-state index in [1.165, 1.54) is 20.2 Å². The molecule has 0 amide bonds. The monoisotopic (exact) mass is 581 g/mol. The maximum atomic E-state index is 6.41. The maximum Gasteiger partial charge on any atom is 0.164 e. The first-order valence-corrected chi connectivity index (χ1v) is 15.3. The van der Waals surface area contributed by atoms with Crippen molar-refractivity contribution < 1.29 is 4.42 Å². The lowest BCUT2D eigenvalue weighted by molar-refractivity contribution is 0.669. The van der Waals surface area contributed by atoms with Gasteiger partial charge < -0.3 is 4.42 Å². The zero-order valence-electron chi connectivity index (χ0n) is 23.4. The number of hydrogen-bond donors (Lipinski definition) is 0. The number of furan rings is 1. The van der Waals surface area contributed by atoms with Crippen molar-refractivity contribution in [1.82, 2.24) is 15.0 Å². The van der Waals surface area contributed by atoms with Gasteiger partial charge in [0.1, 0.15) is 11.2 Å². The van der Waals surface area contributed by atoms with E-state index in [1.54, 1.807) is 11.3 Å². The van der Waals surface area contributed by atoms with E-state index in [-0.39, 0.29) is 0 Å². The topological polar surface area (TPSA) is 51.8 Å². The molecule has 6 aromatic carbocycles. The quantitative estimate of drug-likeness (QED) is 0.207. The van der Waals surface area contributed by atoms with Crippen molar-refractivity contribution in [2.45, 2.75) is 0 Å². The highest BCUT2D eigenvalue weighted by atomic mass is 32.1. The summed E-state index contributed by atoms with van der Waals surface area (Å²) in [4.78, 5) is 15.3. The number of hydrogen-bond acceptors (Lipinski definition) is 5. The summed E-state index contributed by atoms with van der Waals surface area (Å²) in [6.07, 6.45) is 0. The lowest BCUT2D eigenvalue weighted by Gasteiger charge is -2.11. The summed E-state index contributed by atoms with van der Waals surface area (Å²) >= 11 is 1.79. The van der Waals surface area contributed by atoms with Crippen LogP contribution in [-0.2, 0) is 0 Å². The van der Waals surface area contributed by atoms with E-state index < -0.39 is 0 Å². The molecular weight excluding hydrogens is 559 g/mol. The first-order valence-electron chi connectivity index (χ1n) is 14.5. The molecule has 44 heavy (non-hydrogen) atoms. The molecular formula is C39H23N3OS. The minimum absolute atomic E-state index is 0.611. The van der Waals surface area contributed by atoms with Gasteiger partial charge in [0.15, 0.2) is 17.5 Å². The molecule has 0 radical (unpaired) electrons. The van der Waals surface area contributed by atoms with Gasteiger partial charge in [0.25, 0.3) is 0 Å².